The molecule has 2 aromatic carbocycles. The van der Waals surface area contributed by atoms with Gasteiger partial charge < -0.3 is 36.6 Å². The number of aliphatic carboxylic acids is 1. The largest absolute Gasteiger partial charge is 0.508 e. The van der Waals surface area contributed by atoms with Gasteiger partial charge in [-0.25, -0.2) is 0 Å². The number of aliphatic hydroxyl groups excluding tert-OH is 1. The summed E-state index contributed by atoms with van der Waals surface area (Å²) >= 11 is 0. The van der Waals surface area contributed by atoms with E-state index in [0.717, 1.165) is 5.56 Å². The lowest BCUT2D eigenvalue weighted by Gasteiger charge is -2.23. The number of nitriles is 1. The molecule has 1 unspecified atom stereocenters. The summed E-state index contributed by atoms with van der Waals surface area (Å²) in [6, 6.07) is 10.2. The van der Waals surface area contributed by atoms with E-state index in [-0.39, 0.29) is 23.3 Å². The number of aliphatic hydroxyl groups is 1. The van der Waals surface area contributed by atoms with Crippen LogP contribution in [-0.4, -0.2) is 64.8 Å². The first-order valence-corrected chi connectivity index (χ1v) is 12.3. The van der Waals surface area contributed by atoms with Gasteiger partial charge in [-0.2, -0.15) is 5.26 Å². The molecule has 12 nitrogen and oxygen atoms in total. The molecule has 0 radical (unpaired) electrons. The number of carboxylic acid groups (broad SMARTS) is 1. The van der Waals surface area contributed by atoms with E-state index >= 15 is 0 Å². The number of carbonyl (C=O) groups is 3. The van der Waals surface area contributed by atoms with Crippen LogP contribution >= 0.6 is 0 Å². The number of aromatic hydroxyl groups is 1. The Morgan fingerprint density at radius 2 is 1.92 bits per heavy atom. The van der Waals surface area contributed by atoms with Crippen molar-refractivity contribution in [3.8, 4) is 11.8 Å². The van der Waals surface area contributed by atoms with Gasteiger partial charge in [-0.3, -0.25) is 19.4 Å². The standard InChI is InChI=1S/C27H32N6O6/c1-27(2,3)18-5-15(11-28)4-16(6-18)22(10-24(37)38)33-23(36)14-29-25(39)17-7-19(9-20(34)8-17)32-26-30-12-21(35)13-31-26/h4-9,21-22,34-35H,10,12-14H2,1-3H3,(H,29,39)(H,33,36)(H,37,38)(H2,30,31,32)/t22-/m0/s1. The molecule has 0 spiro atoms. The zero-order valence-corrected chi connectivity index (χ0v) is 21.9. The van der Waals surface area contributed by atoms with E-state index in [1.807, 2.05) is 20.8 Å². The topological polar surface area (TPSA) is 196 Å². The Bertz CT molecular complexity index is 1330. The van der Waals surface area contributed by atoms with Crippen molar-refractivity contribution in [2.75, 3.05) is 25.0 Å². The summed E-state index contributed by atoms with van der Waals surface area (Å²) in [6.07, 6.45) is -1.02. The predicted octanol–water partition coefficient (Wildman–Crippen LogP) is 1.36. The van der Waals surface area contributed by atoms with Gasteiger partial charge in [0.05, 0.1) is 43.3 Å². The van der Waals surface area contributed by atoms with Crippen LogP contribution in [0.1, 0.15) is 60.3 Å². The second-order valence-electron chi connectivity index (χ2n) is 10.2. The minimum atomic E-state index is -1.14. The molecule has 2 atom stereocenters. The number of rotatable bonds is 8. The quantitative estimate of drug-likeness (QED) is 0.260. The number of hydrogen-bond acceptors (Lipinski definition) is 9. The maximum Gasteiger partial charge on any atom is 0.305 e. The van der Waals surface area contributed by atoms with E-state index in [1.54, 1.807) is 12.1 Å². The SMILES string of the molecule is CC(C)(C)c1cc(C#N)cc([C@H](CC(=O)O)NC(=O)CNC(=O)c2cc(O)cc(NC3=NCC(O)CN3)c2)c1. The number of nitrogens with one attached hydrogen (secondary N) is 4. The summed E-state index contributed by atoms with van der Waals surface area (Å²) in [5.74, 6) is -2.24. The van der Waals surface area contributed by atoms with Crippen LogP contribution in [0.5, 0.6) is 5.75 Å². The van der Waals surface area contributed by atoms with Crippen LogP contribution in [0.2, 0.25) is 0 Å². The van der Waals surface area contributed by atoms with Gasteiger partial charge in [0.2, 0.25) is 5.91 Å². The van der Waals surface area contributed by atoms with Crippen molar-refractivity contribution in [2.24, 2.45) is 4.99 Å². The molecule has 39 heavy (non-hydrogen) atoms. The number of nitrogens with zero attached hydrogens (tertiary/aromatic N) is 2. The first-order valence-electron chi connectivity index (χ1n) is 12.3. The van der Waals surface area contributed by atoms with E-state index in [1.165, 1.54) is 24.3 Å². The third-order valence-electron chi connectivity index (χ3n) is 5.88. The number of carbonyl (C=O) groups excluding carboxylic acids is 2. The molecular weight excluding hydrogens is 504 g/mol. The van der Waals surface area contributed by atoms with Crippen LogP contribution in [0.15, 0.2) is 41.4 Å². The van der Waals surface area contributed by atoms with Crippen LogP contribution in [0.3, 0.4) is 0 Å². The number of aliphatic imine (C=N–C) groups is 1. The molecule has 0 saturated carbocycles. The maximum atomic E-state index is 12.7. The lowest BCUT2D eigenvalue weighted by Crippen LogP contribution is -2.42. The minimum absolute atomic E-state index is 0.0698. The maximum absolute atomic E-state index is 12.7. The molecule has 12 heteroatoms. The predicted molar refractivity (Wildman–Crippen MR) is 143 cm³/mol. The second-order valence-corrected chi connectivity index (χ2v) is 10.2. The van der Waals surface area contributed by atoms with Gasteiger partial charge in [0, 0.05) is 23.9 Å². The first-order chi connectivity index (χ1) is 18.3. The van der Waals surface area contributed by atoms with Crippen molar-refractivity contribution in [3.05, 3.63) is 58.7 Å². The molecule has 3 rings (SSSR count). The van der Waals surface area contributed by atoms with Crippen LogP contribution in [0.4, 0.5) is 5.69 Å². The monoisotopic (exact) mass is 536 g/mol. The van der Waals surface area contributed by atoms with Crippen molar-refractivity contribution < 1.29 is 29.7 Å². The third kappa shape index (κ3) is 8.44. The number of amides is 2. The Hall–Kier alpha value is -4.63. The Balaban J connectivity index is 1.70. The molecule has 0 aliphatic carbocycles. The first kappa shape index (κ1) is 28.9. The fourth-order valence-corrected chi connectivity index (χ4v) is 3.85. The third-order valence-corrected chi connectivity index (χ3v) is 5.88. The number of β-amino-alcohol motifs (C(OH)–C–C–N with tert-alkyl or cyclic N) is 1. The molecule has 0 aromatic heterocycles. The molecule has 2 amide bonds. The normalized spacial score (nSPS) is 15.7. The highest BCUT2D eigenvalue weighted by molar-refractivity contribution is 6.00. The number of guanidine groups is 1. The fourth-order valence-electron chi connectivity index (χ4n) is 3.85. The average molecular weight is 537 g/mol. The molecule has 7 N–H and O–H groups in total. The molecule has 0 saturated heterocycles. The highest BCUT2D eigenvalue weighted by atomic mass is 16.4. The van der Waals surface area contributed by atoms with Gasteiger partial charge in [-0.1, -0.05) is 26.8 Å². The lowest BCUT2D eigenvalue weighted by atomic mass is 9.84. The molecule has 1 heterocycles. The number of benzene rings is 2. The van der Waals surface area contributed by atoms with Crippen molar-refractivity contribution >= 4 is 29.4 Å². The zero-order chi connectivity index (χ0) is 28.7. The molecule has 0 bridgehead atoms. The van der Waals surface area contributed by atoms with Crippen LogP contribution in [0, 0.1) is 11.3 Å². The number of carboxylic acids is 1. The summed E-state index contributed by atoms with van der Waals surface area (Å²) < 4.78 is 0. The van der Waals surface area contributed by atoms with Gasteiger partial charge in [-0.15, -0.1) is 0 Å². The Labute approximate surface area is 225 Å². The molecule has 1 aliphatic rings. The summed E-state index contributed by atoms with van der Waals surface area (Å²) in [4.78, 5) is 41.1. The molecular formula is C27H32N6O6. The fraction of sp³-hybridized carbons (Fsp3) is 0.370. The van der Waals surface area contributed by atoms with Crippen LogP contribution in [0.25, 0.3) is 0 Å². The van der Waals surface area contributed by atoms with E-state index < -0.39 is 42.9 Å². The van der Waals surface area contributed by atoms with E-state index in [9.17, 15) is 35.0 Å². The van der Waals surface area contributed by atoms with E-state index in [4.69, 9.17) is 0 Å². The second kappa shape index (κ2) is 12.3. The smallest absolute Gasteiger partial charge is 0.305 e. The molecule has 2 aromatic rings. The molecule has 0 fully saturated rings. The van der Waals surface area contributed by atoms with E-state index in [0.29, 0.717) is 29.3 Å². The zero-order valence-electron chi connectivity index (χ0n) is 21.9. The molecule has 1 aliphatic heterocycles. The average Bonchev–Trinajstić information content (AvgIpc) is 2.86. The number of phenolic OH excluding ortho intramolecular Hbond substituents is 1. The highest BCUT2D eigenvalue weighted by Gasteiger charge is 2.23. The van der Waals surface area contributed by atoms with Crippen molar-refractivity contribution in [1.82, 2.24) is 16.0 Å². The van der Waals surface area contributed by atoms with Gasteiger partial charge in [0.15, 0.2) is 5.96 Å². The highest BCUT2D eigenvalue weighted by Crippen LogP contribution is 2.28. The number of hydrogen-bond donors (Lipinski definition) is 7. The van der Waals surface area contributed by atoms with Gasteiger partial charge >= 0.3 is 5.97 Å². The van der Waals surface area contributed by atoms with Gasteiger partial charge in [0.25, 0.3) is 5.91 Å². The number of anilines is 1. The van der Waals surface area contributed by atoms with Gasteiger partial charge in [-0.05, 0) is 40.8 Å². The Kier molecular flexibility index (Phi) is 9.11. The molecule has 206 valence electrons. The van der Waals surface area contributed by atoms with Crippen LogP contribution in [-0.2, 0) is 15.0 Å². The minimum Gasteiger partial charge on any atom is -0.508 e. The number of phenols is 1. The lowest BCUT2D eigenvalue weighted by molar-refractivity contribution is -0.137. The Morgan fingerprint density at radius 1 is 1.18 bits per heavy atom. The summed E-state index contributed by atoms with van der Waals surface area (Å²) in [5.41, 5.74) is 1.74. The summed E-state index contributed by atoms with van der Waals surface area (Å²) in [7, 11) is 0. The van der Waals surface area contributed by atoms with Gasteiger partial charge in [0.1, 0.15) is 5.75 Å². The van der Waals surface area contributed by atoms with Crippen molar-refractivity contribution in [2.45, 2.75) is 44.8 Å². The van der Waals surface area contributed by atoms with Crippen molar-refractivity contribution in [3.63, 3.8) is 0 Å². The van der Waals surface area contributed by atoms with E-state index in [2.05, 4.69) is 32.3 Å². The Morgan fingerprint density at radius 3 is 2.54 bits per heavy atom. The van der Waals surface area contributed by atoms with Crippen molar-refractivity contribution in [1.29, 1.82) is 5.26 Å². The summed E-state index contributed by atoms with van der Waals surface area (Å²) in [5, 5.41) is 49.4. The summed E-state index contributed by atoms with van der Waals surface area (Å²) in [6.45, 7) is 5.92. The van der Waals surface area contributed by atoms with Crippen LogP contribution < -0.4 is 21.3 Å².